The minimum absolute atomic E-state index is 0.154. The van der Waals surface area contributed by atoms with Crippen molar-refractivity contribution in [1.29, 1.82) is 0 Å². The fourth-order valence-corrected chi connectivity index (χ4v) is 12.7. The lowest BCUT2D eigenvalue weighted by Gasteiger charge is -2.28. The quantitative estimate of drug-likeness (QED) is 0.126. The molecule has 6 aromatic rings. The second-order valence-corrected chi connectivity index (χ2v) is 19.8. The van der Waals surface area contributed by atoms with Gasteiger partial charge in [0.1, 0.15) is 0 Å². The Morgan fingerprint density at radius 3 is 1.76 bits per heavy atom. The Balaban J connectivity index is 1.25. The van der Waals surface area contributed by atoms with Gasteiger partial charge in [0, 0.05) is 52.2 Å². The van der Waals surface area contributed by atoms with E-state index < -0.39 is 30.8 Å². The van der Waals surface area contributed by atoms with E-state index in [0.717, 1.165) is 71.7 Å². The maximum Gasteiger partial charge on any atom is 0.182 e. The van der Waals surface area contributed by atoms with E-state index in [4.69, 9.17) is 0 Å². The molecule has 4 heterocycles. The van der Waals surface area contributed by atoms with Crippen LogP contribution in [0.2, 0.25) is 0 Å². The van der Waals surface area contributed by atoms with Gasteiger partial charge in [0.05, 0.1) is 20.8 Å². The molecule has 0 spiro atoms. The van der Waals surface area contributed by atoms with Crippen molar-refractivity contribution in [3.63, 3.8) is 0 Å². The van der Waals surface area contributed by atoms with Crippen molar-refractivity contribution in [3.8, 4) is 0 Å². The van der Waals surface area contributed by atoms with Crippen LogP contribution < -0.4 is 0 Å². The van der Waals surface area contributed by atoms with Crippen LogP contribution in [-0.2, 0) is 38.9 Å². The molecule has 8 rings (SSSR count). The fraction of sp³-hybridized carbons (Fsp3) is 0.364. The summed E-state index contributed by atoms with van der Waals surface area (Å²) in [6, 6.07) is 29.9. The standard InChI is InChI=1S/C44H50N4O4S2/c1-47-21-9-11-35(47)25-33-28-45-42-19-17-31(23-39(33)42)24-44(54(51,52)38-15-7-4-8-16-38)41(30-53(49,50)37-13-5-3-6-14-37)32-18-20-43-40(27-32)34(29-46-43)26-36-12-10-22-48(36)2/h3-8,13-20,23,27-29,35-36,41,44-46H,9-12,21-22,24-26,30H2,1-2H3/t35-,36-,41?,44?/m1/s1. The first kappa shape index (κ1) is 36.7. The van der Waals surface area contributed by atoms with Gasteiger partial charge in [-0.25, -0.2) is 16.8 Å². The number of H-pyrrole nitrogens is 2. The number of benzene rings is 4. The molecular weight excluding hydrogens is 713 g/mol. The molecule has 8 nitrogen and oxygen atoms in total. The number of nitrogens with zero attached hydrogens (tertiary/aromatic N) is 2. The Bertz CT molecular complexity index is 2460. The topological polar surface area (TPSA) is 106 Å². The average molecular weight is 763 g/mol. The molecule has 282 valence electrons. The second-order valence-electron chi connectivity index (χ2n) is 15.6. The molecule has 4 atom stereocenters. The first-order chi connectivity index (χ1) is 26.1. The Kier molecular flexibility index (Phi) is 10.3. The van der Waals surface area contributed by atoms with E-state index in [1.54, 1.807) is 60.7 Å². The summed E-state index contributed by atoms with van der Waals surface area (Å²) in [5.74, 6) is -1.22. The van der Waals surface area contributed by atoms with Gasteiger partial charge in [-0.15, -0.1) is 0 Å². The van der Waals surface area contributed by atoms with Crippen molar-refractivity contribution in [2.45, 2.75) is 78.0 Å². The normalized spacial score (nSPS) is 19.9. The SMILES string of the molecule is CN1CCC[C@@H]1Cc1c[nH]c2ccc(CC(C(CS(=O)(=O)c3ccccc3)c3ccc4[nH]cc(C[C@H]5CCCN5C)c4c3)S(=O)(=O)c3ccccc3)cc12. The van der Waals surface area contributed by atoms with Crippen LogP contribution in [0.1, 0.15) is 53.9 Å². The number of sulfone groups is 2. The van der Waals surface area contributed by atoms with Crippen LogP contribution in [0.3, 0.4) is 0 Å². The average Bonchev–Trinajstić information content (AvgIpc) is 3.99. The number of nitrogens with one attached hydrogen (secondary N) is 2. The molecule has 2 aliphatic rings. The maximum absolute atomic E-state index is 15.0. The summed E-state index contributed by atoms with van der Waals surface area (Å²) in [5, 5.41) is 1.04. The zero-order valence-electron chi connectivity index (χ0n) is 31.1. The minimum Gasteiger partial charge on any atom is -0.361 e. The number of hydrogen-bond donors (Lipinski definition) is 2. The number of fused-ring (bicyclic) bond motifs is 2. The number of likely N-dealkylation sites (tertiary alicyclic amines) is 2. The highest BCUT2D eigenvalue weighted by Crippen LogP contribution is 2.37. The van der Waals surface area contributed by atoms with E-state index in [9.17, 15) is 8.42 Å². The first-order valence-electron chi connectivity index (χ1n) is 19.2. The number of rotatable bonds is 13. The lowest BCUT2D eigenvalue weighted by atomic mass is 9.91. The summed E-state index contributed by atoms with van der Waals surface area (Å²) < 4.78 is 58.8. The molecule has 0 bridgehead atoms. The molecule has 2 aromatic heterocycles. The summed E-state index contributed by atoms with van der Waals surface area (Å²) in [4.78, 5) is 12.1. The van der Waals surface area contributed by atoms with Gasteiger partial charge in [-0.3, -0.25) is 0 Å². The third kappa shape index (κ3) is 7.41. The zero-order chi connectivity index (χ0) is 37.5. The fourth-order valence-electron chi connectivity index (χ4n) is 8.96. The molecule has 0 aliphatic carbocycles. The highest BCUT2D eigenvalue weighted by molar-refractivity contribution is 7.92. The lowest BCUT2D eigenvalue weighted by Crippen LogP contribution is -2.35. The van der Waals surface area contributed by atoms with Gasteiger partial charge < -0.3 is 19.8 Å². The summed E-state index contributed by atoms with van der Waals surface area (Å²) in [6.07, 6.45) is 10.7. The summed E-state index contributed by atoms with van der Waals surface area (Å²) in [5.41, 5.74) is 5.92. The highest BCUT2D eigenvalue weighted by Gasteiger charge is 2.39. The lowest BCUT2D eigenvalue weighted by molar-refractivity contribution is 0.310. The monoisotopic (exact) mass is 762 g/mol. The van der Waals surface area contributed by atoms with Crippen molar-refractivity contribution in [3.05, 3.63) is 132 Å². The summed E-state index contributed by atoms with van der Waals surface area (Å²) in [7, 11) is -3.60. The van der Waals surface area contributed by atoms with E-state index in [0.29, 0.717) is 17.6 Å². The van der Waals surface area contributed by atoms with Crippen molar-refractivity contribution >= 4 is 41.5 Å². The number of likely N-dealkylation sites (N-methyl/N-ethyl adjacent to an activating group) is 2. The van der Waals surface area contributed by atoms with E-state index in [-0.39, 0.29) is 22.0 Å². The predicted octanol–water partition coefficient (Wildman–Crippen LogP) is 7.57. The number of hydrogen-bond acceptors (Lipinski definition) is 6. The van der Waals surface area contributed by atoms with Gasteiger partial charge in [0.2, 0.25) is 0 Å². The second kappa shape index (κ2) is 15.1. The van der Waals surface area contributed by atoms with Gasteiger partial charge in [0.25, 0.3) is 0 Å². The van der Waals surface area contributed by atoms with Crippen LogP contribution in [0.25, 0.3) is 21.8 Å². The van der Waals surface area contributed by atoms with E-state index >= 15 is 8.42 Å². The van der Waals surface area contributed by atoms with Gasteiger partial charge >= 0.3 is 0 Å². The van der Waals surface area contributed by atoms with Crippen LogP contribution in [-0.4, -0.2) is 86.9 Å². The molecule has 2 saturated heterocycles. The molecule has 0 saturated carbocycles. The van der Waals surface area contributed by atoms with Crippen molar-refractivity contribution in [2.24, 2.45) is 0 Å². The molecule has 54 heavy (non-hydrogen) atoms. The molecule has 0 amide bonds. The zero-order valence-corrected chi connectivity index (χ0v) is 32.7. The van der Waals surface area contributed by atoms with Gasteiger partial charge in [-0.1, -0.05) is 48.5 Å². The smallest absolute Gasteiger partial charge is 0.182 e. The van der Waals surface area contributed by atoms with Crippen molar-refractivity contribution in [1.82, 2.24) is 19.8 Å². The maximum atomic E-state index is 15.0. The number of aromatic nitrogens is 2. The molecule has 2 unspecified atom stereocenters. The van der Waals surface area contributed by atoms with Crippen molar-refractivity contribution < 1.29 is 16.8 Å². The molecule has 2 aliphatic heterocycles. The molecule has 10 heteroatoms. The van der Waals surface area contributed by atoms with E-state index in [1.807, 2.05) is 24.3 Å². The Morgan fingerprint density at radius 2 is 1.20 bits per heavy atom. The van der Waals surface area contributed by atoms with Crippen LogP contribution in [0, 0.1) is 0 Å². The highest BCUT2D eigenvalue weighted by atomic mass is 32.2. The van der Waals surface area contributed by atoms with Gasteiger partial charge in [0.15, 0.2) is 19.7 Å². The molecule has 2 fully saturated rings. The molecule has 4 aromatic carbocycles. The summed E-state index contributed by atoms with van der Waals surface area (Å²) >= 11 is 0. The van der Waals surface area contributed by atoms with E-state index in [1.165, 1.54) is 18.4 Å². The molecular formula is C44H50N4O4S2. The predicted molar refractivity (Wildman–Crippen MR) is 218 cm³/mol. The van der Waals surface area contributed by atoms with Crippen molar-refractivity contribution in [2.75, 3.05) is 32.9 Å². The Labute approximate surface area is 319 Å². The van der Waals surface area contributed by atoms with Gasteiger partial charge in [-0.05, 0) is 143 Å². The third-order valence-corrected chi connectivity index (χ3v) is 16.2. The summed E-state index contributed by atoms with van der Waals surface area (Å²) in [6.45, 7) is 2.17. The van der Waals surface area contributed by atoms with E-state index in [2.05, 4.69) is 58.4 Å². The minimum atomic E-state index is -4.05. The largest absolute Gasteiger partial charge is 0.361 e. The Morgan fingerprint density at radius 1 is 0.667 bits per heavy atom. The van der Waals surface area contributed by atoms with Crippen LogP contribution in [0.15, 0.2) is 119 Å². The third-order valence-electron chi connectivity index (χ3n) is 12.2. The van der Waals surface area contributed by atoms with Crippen LogP contribution >= 0.6 is 0 Å². The molecule has 0 radical (unpaired) electrons. The molecule has 2 N–H and O–H groups in total. The van der Waals surface area contributed by atoms with Crippen LogP contribution in [0.5, 0.6) is 0 Å². The Hall–Kier alpha value is -4.22. The van der Waals surface area contributed by atoms with Crippen LogP contribution in [0.4, 0.5) is 0 Å². The number of aromatic amines is 2. The van der Waals surface area contributed by atoms with Gasteiger partial charge in [-0.2, -0.15) is 0 Å². The first-order valence-corrected chi connectivity index (χ1v) is 22.4.